The molecule has 7 heteroatoms. The summed E-state index contributed by atoms with van der Waals surface area (Å²) in [4.78, 5) is 7.01. The molecule has 1 aliphatic rings. The zero-order valence-electron chi connectivity index (χ0n) is 14.7. The highest BCUT2D eigenvalue weighted by atomic mass is 35.5. The molecule has 1 unspecified atom stereocenters. The molecule has 1 aromatic heterocycles. The second kappa shape index (κ2) is 8.36. The molecule has 1 aromatic carbocycles. The standard InChI is InChI=1S/C18H24ClN5O/c1-3-20-18(21-10-14-6-4-5-7-16(14)19)24-8-9-25-17(13-24)15-11-22-23(2)12-15/h4-7,11-12,17H,3,8-10,13H2,1-2H3,(H,20,21). The molecule has 1 atom stereocenters. The van der Waals surface area contributed by atoms with Crippen LogP contribution < -0.4 is 5.32 Å². The fraction of sp³-hybridized carbons (Fsp3) is 0.444. The molecule has 2 aromatic rings. The van der Waals surface area contributed by atoms with Crippen molar-refractivity contribution in [2.45, 2.75) is 19.6 Å². The number of nitrogens with zero attached hydrogens (tertiary/aromatic N) is 4. The highest BCUT2D eigenvalue weighted by molar-refractivity contribution is 6.31. The number of rotatable bonds is 4. The summed E-state index contributed by atoms with van der Waals surface area (Å²) in [5.74, 6) is 0.889. The van der Waals surface area contributed by atoms with Gasteiger partial charge < -0.3 is 15.0 Å². The first-order chi connectivity index (χ1) is 12.2. The van der Waals surface area contributed by atoms with Gasteiger partial charge in [-0.05, 0) is 18.6 Å². The Morgan fingerprint density at radius 1 is 1.44 bits per heavy atom. The third-order valence-electron chi connectivity index (χ3n) is 4.15. The van der Waals surface area contributed by atoms with Crippen LogP contribution in [0.25, 0.3) is 0 Å². The molecule has 0 saturated carbocycles. The zero-order chi connectivity index (χ0) is 17.6. The van der Waals surface area contributed by atoms with Crippen LogP contribution in [0.1, 0.15) is 24.2 Å². The molecular weight excluding hydrogens is 338 g/mol. The van der Waals surface area contributed by atoms with E-state index in [9.17, 15) is 0 Å². The van der Waals surface area contributed by atoms with Crippen molar-refractivity contribution >= 4 is 17.6 Å². The fourth-order valence-electron chi connectivity index (χ4n) is 2.86. The van der Waals surface area contributed by atoms with Crippen LogP contribution in [0.15, 0.2) is 41.7 Å². The molecule has 1 fully saturated rings. The molecule has 25 heavy (non-hydrogen) atoms. The molecule has 1 aliphatic heterocycles. The molecule has 0 radical (unpaired) electrons. The summed E-state index contributed by atoms with van der Waals surface area (Å²) < 4.78 is 7.72. The van der Waals surface area contributed by atoms with Crippen LogP contribution in [0, 0.1) is 0 Å². The molecule has 0 amide bonds. The van der Waals surface area contributed by atoms with Gasteiger partial charge in [-0.25, -0.2) is 4.99 Å². The Balaban J connectivity index is 1.73. The third-order valence-corrected chi connectivity index (χ3v) is 4.52. The van der Waals surface area contributed by atoms with Crippen molar-refractivity contribution < 1.29 is 4.74 Å². The van der Waals surface area contributed by atoms with Gasteiger partial charge in [0.2, 0.25) is 0 Å². The molecule has 2 heterocycles. The SMILES string of the molecule is CCNC(=NCc1ccccc1Cl)N1CCOC(c2cnn(C)c2)C1. The van der Waals surface area contributed by atoms with Gasteiger partial charge in [-0.15, -0.1) is 0 Å². The van der Waals surface area contributed by atoms with Crippen molar-refractivity contribution in [2.75, 3.05) is 26.2 Å². The lowest BCUT2D eigenvalue weighted by atomic mass is 10.1. The van der Waals surface area contributed by atoms with Gasteiger partial charge in [-0.2, -0.15) is 5.10 Å². The molecule has 134 valence electrons. The van der Waals surface area contributed by atoms with Gasteiger partial charge in [-0.3, -0.25) is 4.68 Å². The number of guanidine groups is 1. The predicted molar refractivity (Wildman–Crippen MR) is 99.7 cm³/mol. The minimum atomic E-state index is 0.00613. The highest BCUT2D eigenvalue weighted by Crippen LogP contribution is 2.22. The van der Waals surface area contributed by atoms with Crippen LogP contribution in [-0.2, 0) is 18.3 Å². The summed E-state index contributed by atoms with van der Waals surface area (Å²) in [5, 5.41) is 8.36. The summed E-state index contributed by atoms with van der Waals surface area (Å²) in [6.07, 6.45) is 3.87. The van der Waals surface area contributed by atoms with Gasteiger partial charge in [0.1, 0.15) is 6.10 Å². The number of aromatic nitrogens is 2. The molecule has 0 spiro atoms. The Morgan fingerprint density at radius 2 is 2.28 bits per heavy atom. The second-order valence-corrected chi connectivity index (χ2v) is 6.42. The average Bonchev–Trinajstić information content (AvgIpc) is 3.06. The number of aliphatic imine (C=N–C) groups is 1. The summed E-state index contributed by atoms with van der Waals surface area (Å²) >= 11 is 6.24. The molecule has 0 bridgehead atoms. The van der Waals surface area contributed by atoms with E-state index in [2.05, 4.69) is 22.2 Å². The van der Waals surface area contributed by atoms with E-state index in [1.54, 1.807) is 4.68 Å². The highest BCUT2D eigenvalue weighted by Gasteiger charge is 2.25. The maximum absolute atomic E-state index is 6.24. The molecule has 6 nitrogen and oxygen atoms in total. The van der Waals surface area contributed by atoms with Gasteiger partial charge in [0.05, 0.1) is 25.9 Å². The fourth-order valence-corrected chi connectivity index (χ4v) is 3.06. The zero-order valence-corrected chi connectivity index (χ0v) is 15.4. The molecule has 1 saturated heterocycles. The summed E-state index contributed by atoms with van der Waals surface area (Å²) in [5.41, 5.74) is 2.12. The van der Waals surface area contributed by atoms with E-state index < -0.39 is 0 Å². The third kappa shape index (κ3) is 4.52. The van der Waals surface area contributed by atoms with E-state index in [-0.39, 0.29) is 6.10 Å². The number of morpholine rings is 1. The summed E-state index contributed by atoms with van der Waals surface area (Å²) in [7, 11) is 1.92. The van der Waals surface area contributed by atoms with Gasteiger partial charge in [-0.1, -0.05) is 29.8 Å². The number of hydrogen-bond donors (Lipinski definition) is 1. The van der Waals surface area contributed by atoms with E-state index in [4.69, 9.17) is 21.3 Å². The largest absolute Gasteiger partial charge is 0.370 e. The number of nitrogens with one attached hydrogen (secondary N) is 1. The van der Waals surface area contributed by atoms with E-state index in [0.717, 1.165) is 41.7 Å². The van der Waals surface area contributed by atoms with E-state index in [0.29, 0.717) is 13.2 Å². The quantitative estimate of drug-likeness (QED) is 0.672. The van der Waals surface area contributed by atoms with Crippen LogP contribution in [-0.4, -0.2) is 46.9 Å². The second-order valence-electron chi connectivity index (χ2n) is 6.01. The lowest BCUT2D eigenvalue weighted by Crippen LogP contribution is -2.48. The summed E-state index contributed by atoms with van der Waals surface area (Å²) in [6, 6.07) is 7.82. The lowest BCUT2D eigenvalue weighted by molar-refractivity contribution is -0.00805. The number of aryl methyl sites for hydroxylation is 1. The topological polar surface area (TPSA) is 54.7 Å². The van der Waals surface area contributed by atoms with Crippen LogP contribution in [0.2, 0.25) is 5.02 Å². The maximum atomic E-state index is 6.24. The first-order valence-electron chi connectivity index (χ1n) is 8.54. The Kier molecular flexibility index (Phi) is 5.94. The van der Waals surface area contributed by atoms with Crippen molar-refractivity contribution in [3.8, 4) is 0 Å². The number of hydrogen-bond acceptors (Lipinski definition) is 3. The number of benzene rings is 1. The lowest BCUT2D eigenvalue weighted by Gasteiger charge is -2.34. The van der Waals surface area contributed by atoms with Gasteiger partial charge in [0.15, 0.2) is 5.96 Å². The first-order valence-corrected chi connectivity index (χ1v) is 8.92. The van der Waals surface area contributed by atoms with Crippen molar-refractivity contribution in [2.24, 2.45) is 12.0 Å². The average molecular weight is 362 g/mol. The molecular formula is C18H24ClN5O. The number of halogens is 1. The van der Waals surface area contributed by atoms with Crippen LogP contribution in [0.3, 0.4) is 0 Å². The molecule has 0 aliphatic carbocycles. The van der Waals surface area contributed by atoms with Crippen LogP contribution in [0.5, 0.6) is 0 Å². The normalized spacial score (nSPS) is 18.4. The van der Waals surface area contributed by atoms with Crippen LogP contribution in [0.4, 0.5) is 0 Å². The van der Waals surface area contributed by atoms with E-state index >= 15 is 0 Å². The monoisotopic (exact) mass is 361 g/mol. The van der Waals surface area contributed by atoms with Gasteiger partial charge >= 0.3 is 0 Å². The maximum Gasteiger partial charge on any atom is 0.194 e. The van der Waals surface area contributed by atoms with Crippen molar-refractivity contribution in [1.29, 1.82) is 0 Å². The predicted octanol–water partition coefficient (Wildman–Crippen LogP) is 2.61. The number of ether oxygens (including phenoxy) is 1. The Morgan fingerprint density at radius 3 is 3.00 bits per heavy atom. The minimum Gasteiger partial charge on any atom is -0.370 e. The Hall–Kier alpha value is -2.05. The molecule has 3 rings (SSSR count). The smallest absolute Gasteiger partial charge is 0.194 e. The van der Waals surface area contributed by atoms with E-state index in [1.165, 1.54) is 0 Å². The first kappa shape index (κ1) is 17.8. The Bertz CT molecular complexity index is 730. The summed E-state index contributed by atoms with van der Waals surface area (Å²) in [6.45, 7) is 5.67. The van der Waals surface area contributed by atoms with Crippen molar-refractivity contribution in [3.63, 3.8) is 0 Å². The Labute approximate surface area is 153 Å². The van der Waals surface area contributed by atoms with Gasteiger partial charge in [0.25, 0.3) is 0 Å². The minimum absolute atomic E-state index is 0.00613. The van der Waals surface area contributed by atoms with Crippen molar-refractivity contribution in [3.05, 3.63) is 52.8 Å². The van der Waals surface area contributed by atoms with E-state index in [1.807, 2.05) is 43.7 Å². The molecule has 1 N–H and O–H groups in total. The van der Waals surface area contributed by atoms with Crippen LogP contribution >= 0.6 is 11.6 Å². The van der Waals surface area contributed by atoms with Gasteiger partial charge in [0, 0.05) is 36.9 Å². The van der Waals surface area contributed by atoms with Crippen molar-refractivity contribution in [1.82, 2.24) is 20.0 Å².